The number of carbonyl (C=O) groups is 2. The van der Waals surface area contributed by atoms with Gasteiger partial charge in [0.25, 0.3) is 11.8 Å². The second kappa shape index (κ2) is 8.67. The molecule has 0 aliphatic rings. The van der Waals surface area contributed by atoms with Crippen LogP contribution in [0.5, 0.6) is 5.75 Å². The number of rotatable bonds is 6. The van der Waals surface area contributed by atoms with Gasteiger partial charge in [-0.05, 0) is 79.2 Å². The summed E-state index contributed by atoms with van der Waals surface area (Å²) in [6, 6.07) is 11.9. The van der Waals surface area contributed by atoms with Crippen molar-refractivity contribution >= 4 is 33.4 Å². The Bertz CT molecular complexity index is 758. The minimum Gasteiger partial charge on any atom is -0.490 e. The van der Waals surface area contributed by atoms with Crippen LogP contribution in [-0.4, -0.2) is 24.5 Å². The topological polar surface area (TPSA) is 67.4 Å². The highest BCUT2D eigenvalue weighted by Crippen LogP contribution is 2.27. The molecule has 2 amide bonds. The highest BCUT2D eigenvalue weighted by atomic mass is 79.9. The third-order valence-electron chi connectivity index (χ3n) is 3.30. The van der Waals surface area contributed by atoms with Crippen molar-refractivity contribution < 1.29 is 14.3 Å². The Morgan fingerprint density at radius 1 is 1.04 bits per heavy atom. The molecule has 0 saturated heterocycles. The van der Waals surface area contributed by atoms with Crippen molar-refractivity contribution in [2.75, 3.05) is 11.9 Å². The Morgan fingerprint density at radius 2 is 1.68 bits per heavy atom. The molecule has 0 aliphatic carbocycles. The molecule has 0 aliphatic heterocycles. The maximum absolute atomic E-state index is 12.4. The summed E-state index contributed by atoms with van der Waals surface area (Å²) in [7, 11) is 0. The molecule has 132 valence electrons. The normalized spacial score (nSPS) is 10.4. The van der Waals surface area contributed by atoms with Gasteiger partial charge in [-0.2, -0.15) is 0 Å². The van der Waals surface area contributed by atoms with E-state index in [1.807, 2.05) is 20.8 Å². The average Bonchev–Trinajstić information content (AvgIpc) is 2.57. The Balaban J connectivity index is 2.06. The van der Waals surface area contributed by atoms with Crippen LogP contribution in [0.15, 0.2) is 46.9 Å². The molecule has 0 saturated carbocycles. The molecule has 0 fully saturated rings. The molecule has 0 aromatic heterocycles. The number of halogens is 1. The molecule has 25 heavy (non-hydrogen) atoms. The summed E-state index contributed by atoms with van der Waals surface area (Å²) < 4.78 is 6.36. The fraction of sp³-hybridized carbons (Fsp3) is 0.263. The van der Waals surface area contributed by atoms with Crippen LogP contribution in [0.25, 0.3) is 0 Å². The second-order valence-corrected chi connectivity index (χ2v) is 6.56. The van der Waals surface area contributed by atoms with Gasteiger partial charge in [0, 0.05) is 23.4 Å². The molecular weight excluding hydrogens is 384 g/mol. The lowest BCUT2D eigenvalue weighted by Gasteiger charge is -2.12. The predicted molar refractivity (Wildman–Crippen MR) is 102 cm³/mol. The molecule has 0 heterocycles. The monoisotopic (exact) mass is 404 g/mol. The molecule has 0 radical (unpaired) electrons. The smallest absolute Gasteiger partial charge is 0.255 e. The van der Waals surface area contributed by atoms with E-state index in [-0.39, 0.29) is 17.9 Å². The van der Waals surface area contributed by atoms with Crippen LogP contribution in [0.3, 0.4) is 0 Å². The molecule has 0 bridgehead atoms. The van der Waals surface area contributed by atoms with Gasteiger partial charge in [-0.1, -0.05) is 0 Å². The number of amides is 2. The Morgan fingerprint density at radius 3 is 2.24 bits per heavy atom. The van der Waals surface area contributed by atoms with Gasteiger partial charge in [0.15, 0.2) is 0 Å². The number of hydrogen-bond acceptors (Lipinski definition) is 3. The van der Waals surface area contributed by atoms with Gasteiger partial charge in [0.1, 0.15) is 5.75 Å². The van der Waals surface area contributed by atoms with E-state index in [0.29, 0.717) is 29.1 Å². The molecule has 6 heteroatoms. The van der Waals surface area contributed by atoms with Crippen molar-refractivity contribution in [2.24, 2.45) is 0 Å². The highest BCUT2D eigenvalue weighted by molar-refractivity contribution is 9.10. The minimum absolute atomic E-state index is 0.0550. The number of ether oxygens (including phenoxy) is 1. The molecule has 5 nitrogen and oxygen atoms in total. The summed E-state index contributed by atoms with van der Waals surface area (Å²) in [4.78, 5) is 24.1. The van der Waals surface area contributed by atoms with Crippen molar-refractivity contribution in [3.63, 3.8) is 0 Å². The molecule has 0 spiro atoms. The van der Waals surface area contributed by atoms with E-state index in [0.717, 1.165) is 4.47 Å². The number of carbonyl (C=O) groups excluding carboxylic acids is 2. The number of nitrogens with one attached hydrogen (secondary N) is 2. The number of hydrogen-bond donors (Lipinski definition) is 2. The predicted octanol–water partition coefficient (Wildman–Crippen LogP) is 4.24. The van der Waals surface area contributed by atoms with Crippen molar-refractivity contribution in [3.8, 4) is 5.75 Å². The van der Waals surface area contributed by atoms with Crippen LogP contribution in [0.2, 0.25) is 0 Å². The van der Waals surface area contributed by atoms with Crippen molar-refractivity contribution in [3.05, 3.63) is 58.1 Å². The fourth-order valence-electron chi connectivity index (χ4n) is 2.16. The molecule has 0 unspecified atom stereocenters. The fourth-order valence-corrected chi connectivity index (χ4v) is 2.63. The Labute approximate surface area is 155 Å². The zero-order chi connectivity index (χ0) is 18.4. The van der Waals surface area contributed by atoms with Crippen molar-refractivity contribution in [2.45, 2.75) is 26.9 Å². The van der Waals surface area contributed by atoms with Crippen LogP contribution in [-0.2, 0) is 0 Å². The lowest BCUT2D eigenvalue weighted by molar-refractivity contribution is 0.0955. The van der Waals surface area contributed by atoms with E-state index < -0.39 is 0 Å². The van der Waals surface area contributed by atoms with Gasteiger partial charge >= 0.3 is 0 Å². The molecule has 2 rings (SSSR count). The van der Waals surface area contributed by atoms with Crippen LogP contribution in [0, 0.1) is 0 Å². The van der Waals surface area contributed by atoms with Gasteiger partial charge in [0.05, 0.1) is 10.6 Å². The first-order valence-corrected chi connectivity index (χ1v) is 8.85. The van der Waals surface area contributed by atoms with Crippen LogP contribution < -0.4 is 15.4 Å². The molecule has 2 N–H and O–H groups in total. The Hall–Kier alpha value is -2.34. The summed E-state index contributed by atoms with van der Waals surface area (Å²) in [5, 5.41) is 5.54. The average molecular weight is 405 g/mol. The lowest BCUT2D eigenvalue weighted by atomic mass is 10.1. The van der Waals surface area contributed by atoms with E-state index in [1.165, 1.54) is 0 Å². The molecule has 2 aromatic carbocycles. The van der Waals surface area contributed by atoms with Gasteiger partial charge in [0.2, 0.25) is 0 Å². The van der Waals surface area contributed by atoms with E-state index in [9.17, 15) is 9.59 Å². The third kappa shape index (κ3) is 5.32. The van der Waals surface area contributed by atoms with Gasteiger partial charge in [-0.3, -0.25) is 9.59 Å². The molecule has 2 aromatic rings. The summed E-state index contributed by atoms with van der Waals surface area (Å²) in [6.07, 6.45) is 0.0550. The van der Waals surface area contributed by atoms with E-state index in [2.05, 4.69) is 26.6 Å². The Kier molecular flexibility index (Phi) is 6.58. The largest absolute Gasteiger partial charge is 0.490 e. The summed E-state index contributed by atoms with van der Waals surface area (Å²) in [5.41, 5.74) is 1.69. The first-order valence-electron chi connectivity index (χ1n) is 8.06. The van der Waals surface area contributed by atoms with Crippen molar-refractivity contribution in [1.82, 2.24) is 5.32 Å². The van der Waals surface area contributed by atoms with Crippen LogP contribution >= 0.6 is 15.9 Å². The van der Waals surface area contributed by atoms with Crippen molar-refractivity contribution in [1.29, 1.82) is 0 Å². The van der Waals surface area contributed by atoms with E-state index >= 15 is 0 Å². The summed E-state index contributed by atoms with van der Waals surface area (Å²) in [5.74, 6) is 0.324. The first-order chi connectivity index (χ1) is 11.9. The third-order valence-corrected chi connectivity index (χ3v) is 3.92. The van der Waals surface area contributed by atoms with Gasteiger partial charge in [-0.15, -0.1) is 0 Å². The zero-order valence-electron chi connectivity index (χ0n) is 14.4. The molecular formula is C19H21BrN2O3. The van der Waals surface area contributed by atoms with E-state index in [4.69, 9.17) is 4.74 Å². The number of benzene rings is 2. The van der Waals surface area contributed by atoms with Crippen LogP contribution in [0.4, 0.5) is 5.69 Å². The highest BCUT2D eigenvalue weighted by Gasteiger charge is 2.11. The summed E-state index contributed by atoms with van der Waals surface area (Å²) in [6.45, 7) is 6.32. The van der Waals surface area contributed by atoms with E-state index in [1.54, 1.807) is 42.5 Å². The summed E-state index contributed by atoms with van der Waals surface area (Å²) >= 11 is 3.42. The minimum atomic E-state index is -0.234. The lowest BCUT2D eigenvalue weighted by Crippen LogP contribution is -2.22. The first kappa shape index (κ1) is 19.0. The maximum atomic E-state index is 12.4. The number of anilines is 1. The molecule has 0 atom stereocenters. The van der Waals surface area contributed by atoms with Gasteiger partial charge in [-0.25, -0.2) is 0 Å². The van der Waals surface area contributed by atoms with Crippen LogP contribution in [0.1, 0.15) is 41.5 Å². The SMILES string of the molecule is CCNC(=O)c1ccc(NC(=O)c2ccc(OC(C)C)c(Br)c2)cc1. The zero-order valence-corrected chi connectivity index (χ0v) is 16.0. The van der Waals surface area contributed by atoms with Gasteiger partial charge < -0.3 is 15.4 Å². The quantitative estimate of drug-likeness (QED) is 0.756. The standard InChI is InChI=1S/C19H21BrN2O3/c1-4-21-18(23)13-5-8-15(9-6-13)22-19(24)14-7-10-17(16(20)11-14)25-12(2)3/h5-12H,4H2,1-3H3,(H,21,23)(H,22,24). The maximum Gasteiger partial charge on any atom is 0.255 e. The second-order valence-electron chi connectivity index (χ2n) is 5.70.